The third-order valence-electron chi connectivity index (χ3n) is 4.81. The summed E-state index contributed by atoms with van der Waals surface area (Å²) >= 11 is 0. The van der Waals surface area contributed by atoms with Crippen LogP contribution in [0.3, 0.4) is 0 Å². The van der Waals surface area contributed by atoms with Crippen LogP contribution in [0.1, 0.15) is 16.7 Å². The van der Waals surface area contributed by atoms with Gasteiger partial charge in [-0.3, -0.25) is 9.78 Å². The molecule has 0 unspecified atom stereocenters. The molecule has 7 nitrogen and oxygen atoms in total. The first kappa shape index (κ1) is 23.3. The minimum Gasteiger partial charge on any atom is -0.488 e. The number of nitrogens with zero attached hydrogens (tertiary/aromatic N) is 3. The molecule has 1 heterocycles. The van der Waals surface area contributed by atoms with Crippen LogP contribution >= 0.6 is 0 Å². The molecule has 0 radical (unpaired) electrons. The summed E-state index contributed by atoms with van der Waals surface area (Å²) in [6.07, 6.45) is 1.31. The summed E-state index contributed by atoms with van der Waals surface area (Å²) in [6, 6.07) is 17.6. The lowest BCUT2D eigenvalue weighted by atomic mass is 10.1. The van der Waals surface area contributed by atoms with E-state index in [2.05, 4.69) is 20.5 Å². The summed E-state index contributed by atoms with van der Waals surface area (Å²) in [5.41, 5.74) is 3.27. The third kappa shape index (κ3) is 5.54. The van der Waals surface area contributed by atoms with Crippen LogP contribution in [0.4, 0.5) is 19.1 Å². The Morgan fingerprint density at radius 2 is 1.86 bits per heavy atom. The Labute approximate surface area is 197 Å². The Bertz CT molecular complexity index is 1500. The minimum absolute atomic E-state index is 0.0181. The van der Waals surface area contributed by atoms with Gasteiger partial charge in [-0.15, -0.1) is 0 Å². The van der Waals surface area contributed by atoms with Crippen LogP contribution in [0.25, 0.3) is 11.3 Å². The molecular formula is C25H16F3N5O2. The zero-order valence-electron chi connectivity index (χ0n) is 17.9. The van der Waals surface area contributed by atoms with Crippen molar-refractivity contribution < 1.29 is 17.9 Å². The van der Waals surface area contributed by atoms with Crippen molar-refractivity contribution in [3.05, 3.63) is 111 Å². The van der Waals surface area contributed by atoms with Crippen LogP contribution in [0.2, 0.25) is 0 Å². The zero-order chi connectivity index (χ0) is 24.8. The second-order valence-corrected chi connectivity index (χ2v) is 7.21. The molecule has 0 aliphatic rings. The van der Waals surface area contributed by atoms with Gasteiger partial charge in [-0.1, -0.05) is 36.4 Å². The van der Waals surface area contributed by atoms with E-state index >= 15 is 0 Å². The Kier molecular flexibility index (Phi) is 6.88. The smallest absolute Gasteiger partial charge is 0.270 e. The molecule has 35 heavy (non-hydrogen) atoms. The van der Waals surface area contributed by atoms with E-state index in [1.165, 1.54) is 24.4 Å². The largest absolute Gasteiger partial charge is 0.488 e. The third-order valence-corrected chi connectivity index (χ3v) is 4.81. The van der Waals surface area contributed by atoms with Crippen molar-refractivity contribution in [2.24, 2.45) is 5.10 Å². The molecule has 2 N–H and O–H groups in total. The van der Waals surface area contributed by atoms with Crippen LogP contribution < -0.4 is 15.7 Å². The average molecular weight is 475 g/mol. The molecule has 10 heteroatoms. The summed E-state index contributed by atoms with van der Waals surface area (Å²) < 4.78 is 45.9. The number of benzene rings is 3. The van der Waals surface area contributed by atoms with Crippen molar-refractivity contribution >= 4 is 12.2 Å². The van der Waals surface area contributed by atoms with Crippen molar-refractivity contribution in [2.75, 3.05) is 5.43 Å². The molecular weight excluding hydrogens is 459 g/mol. The van der Waals surface area contributed by atoms with Crippen molar-refractivity contribution in [3.63, 3.8) is 0 Å². The summed E-state index contributed by atoms with van der Waals surface area (Å²) in [5, 5.41) is 13.4. The topological polar surface area (TPSA) is 103 Å². The second kappa shape index (κ2) is 10.4. The minimum atomic E-state index is -1.02. The molecule has 0 bridgehead atoms. The fourth-order valence-electron chi connectivity index (χ4n) is 3.13. The van der Waals surface area contributed by atoms with E-state index in [1.54, 1.807) is 30.3 Å². The van der Waals surface area contributed by atoms with Crippen LogP contribution in [-0.4, -0.2) is 16.2 Å². The molecule has 0 aliphatic heterocycles. The number of anilines is 1. The number of hydrogen-bond donors (Lipinski definition) is 2. The van der Waals surface area contributed by atoms with Gasteiger partial charge in [0.15, 0.2) is 11.6 Å². The molecule has 0 spiro atoms. The monoisotopic (exact) mass is 475 g/mol. The molecule has 0 saturated heterocycles. The lowest BCUT2D eigenvalue weighted by Crippen LogP contribution is -2.16. The van der Waals surface area contributed by atoms with Crippen LogP contribution in [0, 0.1) is 28.8 Å². The van der Waals surface area contributed by atoms with E-state index in [1.807, 2.05) is 6.07 Å². The van der Waals surface area contributed by atoms with E-state index in [-0.39, 0.29) is 29.6 Å². The Hall–Kier alpha value is -4.91. The first-order chi connectivity index (χ1) is 16.9. The number of nitriles is 1. The highest BCUT2D eigenvalue weighted by Gasteiger charge is 2.13. The predicted molar refractivity (Wildman–Crippen MR) is 123 cm³/mol. The zero-order valence-corrected chi connectivity index (χ0v) is 17.9. The SMILES string of the molecule is N#Cc1c(-c2ccccc2)nc(NN=Cc2ccc(F)cc2OCc2ccc(F)c(F)c2)[nH]c1=O. The van der Waals surface area contributed by atoms with Crippen LogP contribution in [0.15, 0.2) is 76.6 Å². The quantitative estimate of drug-likeness (QED) is 0.297. The van der Waals surface area contributed by atoms with Gasteiger partial charge in [-0.25, -0.2) is 23.6 Å². The highest BCUT2D eigenvalue weighted by molar-refractivity contribution is 5.84. The van der Waals surface area contributed by atoms with Gasteiger partial charge in [-0.05, 0) is 29.8 Å². The molecule has 3 aromatic carbocycles. The maximum Gasteiger partial charge on any atom is 0.270 e. The lowest BCUT2D eigenvalue weighted by molar-refractivity contribution is 0.303. The summed E-state index contributed by atoms with van der Waals surface area (Å²) in [6.45, 7) is -0.139. The number of nitrogens with one attached hydrogen (secondary N) is 2. The molecule has 4 rings (SSSR count). The Morgan fingerprint density at radius 3 is 2.60 bits per heavy atom. The molecule has 0 saturated carbocycles. The van der Waals surface area contributed by atoms with Gasteiger partial charge in [0.25, 0.3) is 5.56 Å². The van der Waals surface area contributed by atoms with E-state index in [0.717, 1.165) is 18.2 Å². The lowest BCUT2D eigenvalue weighted by Gasteiger charge is -2.10. The van der Waals surface area contributed by atoms with Gasteiger partial charge >= 0.3 is 0 Å². The van der Waals surface area contributed by atoms with Gasteiger partial charge in [0.2, 0.25) is 5.95 Å². The number of aromatic nitrogens is 2. The molecule has 174 valence electrons. The fraction of sp³-hybridized carbons (Fsp3) is 0.0400. The summed E-state index contributed by atoms with van der Waals surface area (Å²) in [4.78, 5) is 19.0. The summed E-state index contributed by atoms with van der Waals surface area (Å²) in [7, 11) is 0. The number of hydrazone groups is 1. The average Bonchev–Trinajstić information content (AvgIpc) is 2.86. The maximum absolute atomic E-state index is 13.8. The van der Waals surface area contributed by atoms with E-state index in [0.29, 0.717) is 16.7 Å². The number of rotatable bonds is 7. The van der Waals surface area contributed by atoms with Crippen molar-refractivity contribution in [1.29, 1.82) is 5.26 Å². The number of hydrogen-bond acceptors (Lipinski definition) is 6. The molecule has 1 aromatic heterocycles. The van der Waals surface area contributed by atoms with Crippen LogP contribution in [0.5, 0.6) is 5.75 Å². The van der Waals surface area contributed by atoms with Crippen LogP contribution in [-0.2, 0) is 6.61 Å². The fourth-order valence-corrected chi connectivity index (χ4v) is 3.13. The van der Waals surface area contributed by atoms with Crippen molar-refractivity contribution in [2.45, 2.75) is 6.61 Å². The second-order valence-electron chi connectivity index (χ2n) is 7.21. The summed E-state index contributed by atoms with van der Waals surface area (Å²) in [5.74, 6) is -2.48. The predicted octanol–water partition coefficient (Wildman–Crippen LogP) is 4.75. The van der Waals surface area contributed by atoms with Crippen molar-refractivity contribution in [3.8, 4) is 23.1 Å². The molecule has 0 aliphatic carbocycles. The number of H-pyrrole nitrogens is 1. The molecule has 0 amide bonds. The van der Waals surface area contributed by atoms with Crippen molar-refractivity contribution in [1.82, 2.24) is 9.97 Å². The highest BCUT2D eigenvalue weighted by atomic mass is 19.2. The first-order valence-electron chi connectivity index (χ1n) is 10.2. The van der Waals surface area contributed by atoms with Gasteiger partial charge < -0.3 is 4.74 Å². The van der Waals surface area contributed by atoms with E-state index in [4.69, 9.17) is 4.74 Å². The normalized spacial score (nSPS) is 10.8. The molecule has 0 atom stereocenters. The van der Waals surface area contributed by atoms with Gasteiger partial charge in [0, 0.05) is 17.2 Å². The maximum atomic E-state index is 13.8. The highest BCUT2D eigenvalue weighted by Crippen LogP contribution is 2.21. The van der Waals surface area contributed by atoms with Gasteiger partial charge in [-0.2, -0.15) is 10.4 Å². The standard InChI is InChI=1S/C25H16F3N5O2/c26-18-8-7-17(22(11-18)35-14-15-6-9-20(27)21(28)10-15)13-30-33-25-31-23(16-4-2-1-3-5-16)19(12-29)24(34)32-25/h1-11,13H,14H2,(H2,31,32,33,34). The first-order valence-corrected chi connectivity index (χ1v) is 10.2. The Morgan fingerprint density at radius 1 is 1.06 bits per heavy atom. The van der Waals surface area contributed by atoms with Gasteiger partial charge in [0.05, 0.1) is 11.9 Å². The van der Waals surface area contributed by atoms with Gasteiger partial charge in [0.1, 0.15) is 29.8 Å². The number of halogens is 3. The Balaban J connectivity index is 1.55. The van der Waals surface area contributed by atoms with E-state index < -0.39 is 23.0 Å². The van der Waals surface area contributed by atoms with E-state index in [9.17, 15) is 23.2 Å². The number of ether oxygens (including phenoxy) is 1. The number of aromatic amines is 1. The molecule has 4 aromatic rings. The molecule has 0 fully saturated rings.